The van der Waals surface area contributed by atoms with Crippen LogP contribution in [0.5, 0.6) is 5.75 Å². The van der Waals surface area contributed by atoms with E-state index in [-0.39, 0.29) is 0 Å². The van der Waals surface area contributed by atoms with E-state index < -0.39 is 0 Å². The molecule has 22 heavy (non-hydrogen) atoms. The molecule has 0 saturated carbocycles. The third-order valence-electron chi connectivity index (χ3n) is 3.44. The predicted molar refractivity (Wildman–Crippen MR) is 87.4 cm³/mol. The first kappa shape index (κ1) is 13.9. The maximum absolute atomic E-state index is 9.22. The second kappa shape index (κ2) is 6.60. The van der Waals surface area contributed by atoms with Crippen molar-refractivity contribution in [2.75, 3.05) is 0 Å². The van der Waals surface area contributed by atoms with Crippen LogP contribution in [0.3, 0.4) is 0 Å². The van der Waals surface area contributed by atoms with E-state index in [4.69, 9.17) is 4.74 Å². The minimum atomic E-state index is 0.532. The molecule has 3 rings (SSSR count). The highest BCUT2D eigenvalue weighted by atomic mass is 16.5. The molecule has 2 nitrogen and oxygen atoms in total. The summed E-state index contributed by atoms with van der Waals surface area (Å²) in [6.45, 7) is 0.532. The molecule has 106 valence electrons. The summed E-state index contributed by atoms with van der Waals surface area (Å²) < 4.78 is 5.84. The zero-order valence-corrected chi connectivity index (χ0v) is 12.1. The topological polar surface area (TPSA) is 33.0 Å². The van der Waals surface area contributed by atoms with Gasteiger partial charge >= 0.3 is 0 Å². The monoisotopic (exact) mass is 285 g/mol. The van der Waals surface area contributed by atoms with Gasteiger partial charge < -0.3 is 4.74 Å². The number of rotatable bonds is 4. The molecule has 0 fully saturated rings. The first-order valence-corrected chi connectivity index (χ1v) is 7.13. The van der Waals surface area contributed by atoms with Gasteiger partial charge in [0.1, 0.15) is 12.4 Å². The number of hydrogen-bond donors (Lipinski definition) is 0. The Hall–Kier alpha value is -3.05. The van der Waals surface area contributed by atoms with Crippen LogP contribution < -0.4 is 4.74 Å². The SMILES string of the molecule is N#Cc1ccccc1-c1cccc(OCc2ccccc2)c1. The molecule has 0 atom stereocenters. The van der Waals surface area contributed by atoms with E-state index in [9.17, 15) is 5.26 Å². The standard InChI is InChI=1S/C20H15NO/c21-14-18-9-4-5-12-20(18)17-10-6-11-19(13-17)22-15-16-7-2-1-3-8-16/h1-13H,15H2. The summed E-state index contributed by atoms with van der Waals surface area (Å²) in [6.07, 6.45) is 0. The summed E-state index contributed by atoms with van der Waals surface area (Å²) in [4.78, 5) is 0. The van der Waals surface area contributed by atoms with Gasteiger partial charge in [0.05, 0.1) is 11.6 Å². The lowest BCUT2D eigenvalue weighted by Crippen LogP contribution is -1.95. The third kappa shape index (κ3) is 3.16. The van der Waals surface area contributed by atoms with E-state index in [1.807, 2.05) is 78.9 Å². The van der Waals surface area contributed by atoms with Crippen molar-refractivity contribution in [1.82, 2.24) is 0 Å². The van der Waals surface area contributed by atoms with Gasteiger partial charge in [-0.15, -0.1) is 0 Å². The molecule has 0 spiro atoms. The van der Waals surface area contributed by atoms with Crippen LogP contribution in [0, 0.1) is 11.3 Å². The van der Waals surface area contributed by atoms with Crippen molar-refractivity contribution in [2.45, 2.75) is 6.61 Å². The molecular formula is C20H15NO. The van der Waals surface area contributed by atoms with Crippen LogP contribution >= 0.6 is 0 Å². The molecule has 0 bridgehead atoms. The van der Waals surface area contributed by atoms with Gasteiger partial charge in [-0.3, -0.25) is 0 Å². The average molecular weight is 285 g/mol. The molecule has 0 radical (unpaired) electrons. The number of nitriles is 1. The molecule has 0 aliphatic heterocycles. The van der Waals surface area contributed by atoms with Gasteiger partial charge in [0.2, 0.25) is 0 Å². The lowest BCUT2D eigenvalue weighted by Gasteiger charge is -2.09. The Bertz CT molecular complexity index is 803. The van der Waals surface area contributed by atoms with Crippen LogP contribution in [0.25, 0.3) is 11.1 Å². The Labute approximate surface area is 130 Å². The summed E-state index contributed by atoms with van der Waals surface area (Å²) in [7, 11) is 0. The number of hydrogen-bond acceptors (Lipinski definition) is 2. The zero-order valence-electron chi connectivity index (χ0n) is 12.1. The van der Waals surface area contributed by atoms with Crippen molar-refractivity contribution >= 4 is 0 Å². The number of ether oxygens (including phenoxy) is 1. The fraction of sp³-hybridized carbons (Fsp3) is 0.0500. The minimum Gasteiger partial charge on any atom is -0.489 e. The molecule has 0 amide bonds. The molecule has 0 unspecified atom stereocenters. The quantitative estimate of drug-likeness (QED) is 0.689. The first-order valence-electron chi connectivity index (χ1n) is 7.13. The van der Waals surface area contributed by atoms with Gasteiger partial charge in [0, 0.05) is 0 Å². The summed E-state index contributed by atoms with van der Waals surface area (Å²) in [6, 6.07) is 27.7. The number of nitrogens with zero attached hydrogens (tertiary/aromatic N) is 1. The fourth-order valence-electron chi connectivity index (χ4n) is 2.33. The molecule has 0 saturated heterocycles. The van der Waals surface area contributed by atoms with Crippen LogP contribution in [-0.2, 0) is 6.61 Å². The molecule has 3 aromatic carbocycles. The van der Waals surface area contributed by atoms with Crippen molar-refractivity contribution in [3.05, 3.63) is 90.0 Å². The van der Waals surface area contributed by atoms with Gasteiger partial charge in [0.25, 0.3) is 0 Å². The summed E-state index contributed by atoms with van der Waals surface area (Å²) in [5.41, 5.74) is 3.71. The van der Waals surface area contributed by atoms with E-state index in [0.717, 1.165) is 22.4 Å². The molecular weight excluding hydrogens is 270 g/mol. The Morgan fingerprint density at radius 3 is 2.41 bits per heavy atom. The Kier molecular flexibility index (Phi) is 4.17. The van der Waals surface area contributed by atoms with Crippen LogP contribution in [0.1, 0.15) is 11.1 Å². The maximum Gasteiger partial charge on any atom is 0.120 e. The van der Waals surface area contributed by atoms with Crippen LogP contribution in [0.4, 0.5) is 0 Å². The first-order chi connectivity index (χ1) is 10.9. The van der Waals surface area contributed by atoms with Gasteiger partial charge in [-0.1, -0.05) is 60.7 Å². The number of benzene rings is 3. The second-order valence-corrected chi connectivity index (χ2v) is 4.96. The smallest absolute Gasteiger partial charge is 0.120 e. The fourth-order valence-corrected chi connectivity index (χ4v) is 2.33. The zero-order chi connectivity index (χ0) is 15.2. The molecule has 2 heteroatoms. The van der Waals surface area contributed by atoms with Gasteiger partial charge in [-0.05, 0) is 34.9 Å². The Morgan fingerprint density at radius 1 is 0.818 bits per heavy atom. The molecule has 0 aliphatic carbocycles. The van der Waals surface area contributed by atoms with Crippen LogP contribution in [0.15, 0.2) is 78.9 Å². The van der Waals surface area contributed by atoms with E-state index in [1.54, 1.807) is 0 Å². The largest absolute Gasteiger partial charge is 0.489 e. The average Bonchev–Trinajstić information content (AvgIpc) is 2.61. The van der Waals surface area contributed by atoms with Gasteiger partial charge in [-0.2, -0.15) is 5.26 Å². The molecule has 0 aliphatic rings. The van der Waals surface area contributed by atoms with Crippen molar-refractivity contribution in [3.8, 4) is 22.9 Å². The molecule has 0 aromatic heterocycles. The minimum absolute atomic E-state index is 0.532. The highest BCUT2D eigenvalue weighted by Crippen LogP contribution is 2.27. The Morgan fingerprint density at radius 2 is 1.59 bits per heavy atom. The Balaban J connectivity index is 1.83. The van der Waals surface area contributed by atoms with Crippen molar-refractivity contribution in [2.24, 2.45) is 0 Å². The highest BCUT2D eigenvalue weighted by molar-refractivity contribution is 5.71. The normalized spacial score (nSPS) is 9.95. The van der Waals surface area contributed by atoms with Crippen LogP contribution in [0.2, 0.25) is 0 Å². The molecule has 0 N–H and O–H groups in total. The summed E-state index contributed by atoms with van der Waals surface area (Å²) in [5, 5.41) is 9.22. The van der Waals surface area contributed by atoms with E-state index in [1.165, 1.54) is 0 Å². The summed E-state index contributed by atoms with van der Waals surface area (Å²) >= 11 is 0. The van der Waals surface area contributed by atoms with E-state index >= 15 is 0 Å². The summed E-state index contributed by atoms with van der Waals surface area (Å²) in [5.74, 6) is 0.800. The van der Waals surface area contributed by atoms with E-state index in [0.29, 0.717) is 12.2 Å². The van der Waals surface area contributed by atoms with Gasteiger partial charge in [0.15, 0.2) is 0 Å². The third-order valence-corrected chi connectivity index (χ3v) is 3.44. The lowest BCUT2D eigenvalue weighted by molar-refractivity contribution is 0.306. The van der Waals surface area contributed by atoms with Crippen molar-refractivity contribution in [3.63, 3.8) is 0 Å². The maximum atomic E-state index is 9.22. The van der Waals surface area contributed by atoms with Gasteiger partial charge in [-0.25, -0.2) is 0 Å². The molecule has 3 aromatic rings. The highest BCUT2D eigenvalue weighted by Gasteiger charge is 2.05. The van der Waals surface area contributed by atoms with Crippen molar-refractivity contribution < 1.29 is 4.74 Å². The van der Waals surface area contributed by atoms with E-state index in [2.05, 4.69) is 6.07 Å². The predicted octanol–water partition coefficient (Wildman–Crippen LogP) is 4.80. The van der Waals surface area contributed by atoms with Crippen LogP contribution in [-0.4, -0.2) is 0 Å². The lowest BCUT2D eigenvalue weighted by atomic mass is 10.0. The second-order valence-electron chi connectivity index (χ2n) is 4.96. The molecule has 0 heterocycles. The van der Waals surface area contributed by atoms with Crippen molar-refractivity contribution in [1.29, 1.82) is 5.26 Å².